The molecule has 2 saturated heterocycles. The Labute approximate surface area is 271 Å². The second kappa shape index (κ2) is 13.6. The molecule has 0 amide bonds. The van der Waals surface area contributed by atoms with Crippen molar-refractivity contribution in [2.45, 2.75) is 50.7 Å². The quantitative estimate of drug-likeness (QED) is 0.126. The van der Waals surface area contributed by atoms with E-state index >= 15 is 0 Å². The molecule has 2 fully saturated rings. The van der Waals surface area contributed by atoms with Gasteiger partial charge in [0.25, 0.3) is 0 Å². The third-order valence-electron chi connectivity index (χ3n) is 8.78. The van der Waals surface area contributed by atoms with Gasteiger partial charge < -0.3 is 28.4 Å². The van der Waals surface area contributed by atoms with Gasteiger partial charge in [-0.25, -0.2) is 0 Å². The number of ketones is 1. The Hall–Kier alpha value is -4.33. The van der Waals surface area contributed by atoms with Crippen molar-refractivity contribution in [1.29, 1.82) is 0 Å². The molecule has 240 valence electrons. The highest BCUT2D eigenvalue weighted by Crippen LogP contribution is 2.35. The van der Waals surface area contributed by atoms with Gasteiger partial charge in [-0.3, -0.25) is 4.79 Å². The van der Waals surface area contributed by atoms with Crippen molar-refractivity contribution >= 4 is 5.78 Å². The van der Waals surface area contributed by atoms with Gasteiger partial charge in [-0.2, -0.15) is 0 Å². The van der Waals surface area contributed by atoms with Gasteiger partial charge in [-0.15, -0.1) is 0 Å². The Morgan fingerprint density at radius 1 is 0.522 bits per heavy atom. The molecule has 0 bridgehead atoms. The van der Waals surface area contributed by atoms with Crippen LogP contribution in [0.2, 0.25) is 0 Å². The topological polar surface area (TPSA) is 79.1 Å². The van der Waals surface area contributed by atoms with Crippen LogP contribution < -0.4 is 18.9 Å². The van der Waals surface area contributed by atoms with E-state index in [9.17, 15) is 4.79 Å². The summed E-state index contributed by atoms with van der Waals surface area (Å²) in [6.45, 7) is 11.4. The van der Waals surface area contributed by atoms with Crippen molar-refractivity contribution in [3.63, 3.8) is 0 Å². The molecule has 2 unspecified atom stereocenters. The van der Waals surface area contributed by atoms with E-state index in [0.29, 0.717) is 24.7 Å². The van der Waals surface area contributed by atoms with Crippen molar-refractivity contribution in [3.8, 4) is 23.0 Å². The maximum Gasteiger partial charge on any atom is 0.207 e. The first-order chi connectivity index (χ1) is 22.2. The van der Waals surface area contributed by atoms with E-state index in [0.717, 1.165) is 35.8 Å². The SMILES string of the molecule is CC(C)(c1ccc(OCC(=O)COc2ccc(C(C)(C)c3ccc(OCC4CO4)cc3)cc2)cc1)c1ccc(OCC2CO2)cc1. The monoisotopic (exact) mass is 622 g/mol. The van der Waals surface area contributed by atoms with E-state index in [1.54, 1.807) is 0 Å². The van der Waals surface area contributed by atoms with Crippen molar-refractivity contribution < 1.29 is 33.2 Å². The minimum absolute atomic E-state index is 0.0609. The van der Waals surface area contributed by atoms with E-state index in [1.807, 2.05) is 72.8 Å². The molecule has 0 radical (unpaired) electrons. The molecule has 0 spiro atoms. The van der Waals surface area contributed by atoms with Crippen LogP contribution in [0.25, 0.3) is 0 Å². The molecule has 2 aliphatic heterocycles. The molecule has 4 aromatic carbocycles. The second-order valence-corrected chi connectivity index (χ2v) is 13.0. The smallest absolute Gasteiger partial charge is 0.207 e. The lowest BCUT2D eigenvalue weighted by Crippen LogP contribution is -2.20. The molecule has 2 atom stereocenters. The minimum atomic E-state index is -0.212. The van der Waals surface area contributed by atoms with Gasteiger partial charge in [0.05, 0.1) is 13.2 Å². The van der Waals surface area contributed by atoms with E-state index in [2.05, 4.69) is 52.0 Å². The third-order valence-corrected chi connectivity index (χ3v) is 8.78. The summed E-state index contributed by atoms with van der Waals surface area (Å²) in [6.07, 6.45) is 0.471. The molecule has 46 heavy (non-hydrogen) atoms. The summed E-state index contributed by atoms with van der Waals surface area (Å²) < 4.78 is 33.5. The average molecular weight is 623 g/mol. The third kappa shape index (κ3) is 8.08. The zero-order valence-corrected chi connectivity index (χ0v) is 27.0. The Balaban J connectivity index is 0.954. The van der Waals surface area contributed by atoms with E-state index in [1.165, 1.54) is 11.1 Å². The van der Waals surface area contributed by atoms with Gasteiger partial charge >= 0.3 is 0 Å². The summed E-state index contributed by atoms with van der Waals surface area (Å²) in [6, 6.07) is 32.2. The Bertz CT molecular complexity index is 1460. The van der Waals surface area contributed by atoms with Crippen molar-refractivity contribution in [3.05, 3.63) is 119 Å². The average Bonchev–Trinajstić information content (AvgIpc) is 4.01. The highest BCUT2D eigenvalue weighted by molar-refractivity contribution is 5.81. The van der Waals surface area contributed by atoms with Crippen molar-refractivity contribution in [2.24, 2.45) is 0 Å². The molecule has 4 aromatic rings. The molecule has 0 aromatic heterocycles. The summed E-state index contributed by atoms with van der Waals surface area (Å²) in [5.41, 5.74) is 4.23. The van der Waals surface area contributed by atoms with Crippen LogP contribution in [0.1, 0.15) is 49.9 Å². The van der Waals surface area contributed by atoms with Crippen molar-refractivity contribution in [2.75, 3.05) is 39.6 Å². The highest BCUT2D eigenvalue weighted by atomic mass is 16.6. The van der Waals surface area contributed by atoms with Crippen LogP contribution in [0.3, 0.4) is 0 Å². The Morgan fingerprint density at radius 2 is 0.783 bits per heavy atom. The molecule has 6 rings (SSSR count). The predicted octanol–water partition coefficient (Wildman–Crippen LogP) is 6.92. The normalized spacial score (nSPS) is 17.2. The zero-order chi connectivity index (χ0) is 32.1. The fourth-order valence-corrected chi connectivity index (χ4v) is 5.28. The maximum absolute atomic E-state index is 12.6. The molecular weight excluding hydrogens is 580 g/mol. The van der Waals surface area contributed by atoms with Gasteiger partial charge in [0.2, 0.25) is 5.78 Å². The Morgan fingerprint density at radius 3 is 1.04 bits per heavy atom. The summed E-state index contributed by atoms with van der Waals surface area (Å²) in [5.74, 6) is 2.83. The minimum Gasteiger partial charge on any atom is -0.491 e. The summed E-state index contributed by atoms with van der Waals surface area (Å²) in [5, 5.41) is 0. The zero-order valence-electron chi connectivity index (χ0n) is 27.0. The molecule has 2 heterocycles. The first-order valence-corrected chi connectivity index (χ1v) is 15.8. The number of carbonyl (C=O) groups excluding carboxylic acids is 1. The molecule has 0 saturated carbocycles. The number of Topliss-reactive ketones (excluding diaryl/α,β-unsaturated/α-hetero) is 1. The summed E-state index contributed by atoms with van der Waals surface area (Å²) >= 11 is 0. The Kier molecular flexibility index (Phi) is 9.34. The molecule has 7 nitrogen and oxygen atoms in total. The number of epoxide rings is 2. The summed E-state index contributed by atoms with van der Waals surface area (Å²) in [4.78, 5) is 12.6. The lowest BCUT2D eigenvalue weighted by atomic mass is 9.78. The number of hydrogen-bond donors (Lipinski definition) is 0. The van der Waals surface area contributed by atoms with Gasteiger partial charge in [-0.05, 0) is 70.8 Å². The van der Waals surface area contributed by atoms with Gasteiger partial charge in [-0.1, -0.05) is 76.2 Å². The number of hydrogen-bond acceptors (Lipinski definition) is 7. The fraction of sp³-hybridized carbons (Fsp3) is 0.359. The molecule has 0 N–H and O–H groups in total. The highest BCUT2D eigenvalue weighted by Gasteiger charge is 2.26. The number of ether oxygens (including phenoxy) is 6. The first kappa shape index (κ1) is 31.6. The van der Waals surface area contributed by atoms with Gasteiger partial charge in [0, 0.05) is 10.8 Å². The van der Waals surface area contributed by atoms with E-state index in [-0.39, 0.29) is 42.0 Å². The number of benzene rings is 4. The number of carbonyl (C=O) groups is 1. The molecule has 7 heteroatoms. The predicted molar refractivity (Wildman–Crippen MR) is 176 cm³/mol. The largest absolute Gasteiger partial charge is 0.491 e. The van der Waals surface area contributed by atoms with Crippen LogP contribution in [0.4, 0.5) is 0 Å². The maximum atomic E-state index is 12.6. The second-order valence-electron chi connectivity index (χ2n) is 13.0. The van der Waals surface area contributed by atoms with Crippen LogP contribution in [-0.4, -0.2) is 57.6 Å². The van der Waals surface area contributed by atoms with Crippen LogP contribution in [0.5, 0.6) is 23.0 Å². The number of rotatable bonds is 16. The standard InChI is InChI=1S/C39H42O7/c1-38(2,29-9-17-34(18-10-29)43-23-36-25-45-36)27-5-13-32(14-6-27)41-21-31(40)22-42-33-15-7-28(8-16-33)39(3,4)30-11-19-35(20-12-30)44-24-37-26-46-37/h5-20,36-37H,21-26H2,1-4H3. The van der Waals surface area contributed by atoms with E-state index < -0.39 is 0 Å². The molecule has 2 aliphatic rings. The van der Waals surface area contributed by atoms with Crippen LogP contribution in [0, 0.1) is 0 Å². The van der Waals surface area contributed by atoms with Gasteiger partial charge in [0.1, 0.15) is 61.6 Å². The summed E-state index contributed by atoms with van der Waals surface area (Å²) in [7, 11) is 0. The van der Waals surface area contributed by atoms with Crippen LogP contribution in [-0.2, 0) is 25.1 Å². The van der Waals surface area contributed by atoms with E-state index in [4.69, 9.17) is 28.4 Å². The molecular formula is C39H42O7. The van der Waals surface area contributed by atoms with Gasteiger partial charge in [0.15, 0.2) is 0 Å². The van der Waals surface area contributed by atoms with Crippen LogP contribution in [0.15, 0.2) is 97.1 Å². The van der Waals surface area contributed by atoms with Crippen LogP contribution >= 0.6 is 0 Å². The first-order valence-electron chi connectivity index (χ1n) is 15.8. The fourth-order valence-electron chi connectivity index (χ4n) is 5.28. The van der Waals surface area contributed by atoms with Crippen molar-refractivity contribution in [1.82, 2.24) is 0 Å². The lowest BCUT2D eigenvalue weighted by Gasteiger charge is -2.26. The lowest BCUT2D eigenvalue weighted by molar-refractivity contribution is -0.123. The molecule has 0 aliphatic carbocycles.